The molecule has 1 aromatic rings. The van der Waals surface area contributed by atoms with Crippen molar-refractivity contribution >= 4 is 0 Å². The molecule has 0 aliphatic carbocycles. The number of nitrogens with one attached hydrogen (secondary N) is 1. The predicted octanol–water partition coefficient (Wildman–Crippen LogP) is 2.14. The summed E-state index contributed by atoms with van der Waals surface area (Å²) >= 11 is 0. The molecule has 0 bridgehead atoms. The maximum Gasteiger partial charge on any atom is 0.119 e. The van der Waals surface area contributed by atoms with Gasteiger partial charge >= 0.3 is 0 Å². The summed E-state index contributed by atoms with van der Waals surface area (Å²) in [6, 6.07) is 7.96. The summed E-state index contributed by atoms with van der Waals surface area (Å²) in [5.74, 6) is 0.876. The van der Waals surface area contributed by atoms with Crippen LogP contribution in [0.5, 0.6) is 5.75 Å². The zero-order valence-electron chi connectivity index (χ0n) is 13.5. The van der Waals surface area contributed by atoms with Crippen molar-refractivity contribution in [1.29, 1.82) is 0 Å². The Bertz CT molecular complexity index is 412. The second kappa shape index (κ2) is 7.81. The van der Waals surface area contributed by atoms with Gasteiger partial charge in [-0.05, 0) is 50.3 Å². The first-order chi connectivity index (χ1) is 10.2. The van der Waals surface area contributed by atoms with Crippen molar-refractivity contribution in [1.82, 2.24) is 0 Å². The van der Waals surface area contributed by atoms with Gasteiger partial charge in [0.1, 0.15) is 5.75 Å². The second-order valence-corrected chi connectivity index (χ2v) is 6.15. The van der Waals surface area contributed by atoms with Crippen LogP contribution in [0.2, 0.25) is 0 Å². The molecule has 1 aliphatic heterocycles. The molecule has 1 aromatic carbocycles. The van der Waals surface area contributed by atoms with Crippen molar-refractivity contribution in [3.8, 4) is 5.75 Å². The Morgan fingerprint density at radius 2 is 1.76 bits per heavy atom. The van der Waals surface area contributed by atoms with Crippen LogP contribution in [-0.4, -0.2) is 31.3 Å². The van der Waals surface area contributed by atoms with Crippen LogP contribution in [0.15, 0.2) is 24.3 Å². The first-order valence-electron chi connectivity index (χ1n) is 8.47. The molecule has 2 N–H and O–H groups in total. The Morgan fingerprint density at radius 1 is 1.10 bits per heavy atom. The topological polar surface area (TPSA) is 33.9 Å². The van der Waals surface area contributed by atoms with E-state index in [0.717, 1.165) is 30.7 Å². The molecule has 0 radical (unpaired) electrons. The molecule has 0 unspecified atom stereocenters. The van der Waals surface area contributed by atoms with E-state index in [1.54, 1.807) is 4.90 Å². The van der Waals surface area contributed by atoms with Gasteiger partial charge in [-0.25, -0.2) is 0 Å². The Morgan fingerprint density at radius 3 is 2.33 bits per heavy atom. The van der Waals surface area contributed by atoms with Crippen molar-refractivity contribution in [2.24, 2.45) is 0 Å². The molecule has 1 aliphatic rings. The summed E-state index contributed by atoms with van der Waals surface area (Å²) < 4.78 is 5.48. The van der Waals surface area contributed by atoms with Gasteiger partial charge in [0, 0.05) is 6.42 Å². The number of rotatable bonds is 7. The van der Waals surface area contributed by atoms with E-state index in [0.29, 0.717) is 6.61 Å². The van der Waals surface area contributed by atoms with Crippen LogP contribution in [-0.2, 0) is 5.60 Å². The highest BCUT2D eigenvalue weighted by Crippen LogP contribution is 2.29. The lowest BCUT2D eigenvalue weighted by Gasteiger charge is -2.31. The zero-order valence-corrected chi connectivity index (χ0v) is 13.5. The summed E-state index contributed by atoms with van der Waals surface area (Å²) in [6.45, 7) is 8.33. The number of ether oxygens (including phenoxy) is 1. The van der Waals surface area contributed by atoms with E-state index in [2.05, 4.69) is 6.92 Å². The van der Waals surface area contributed by atoms with Crippen LogP contribution in [0.3, 0.4) is 0 Å². The minimum absolute atomic E-state index is 0.676. The Labute approximate surface area is 128 Å². The van der Waals surface area contributed by atoms with Crippen LogP contribution < -0.4 is 9.64 Å². The lowest BCUT2D eigenvalue weighted by atomic mass is 9.87. The molecular formula is C18H30NO2+. The molecule has 0 aromatic heterocycles. The standard InChI is InChI=1S/C18H29NO2/c1-3-18(20,12-15-19-13-6-5-7-14-19)16-8-10-17(11-9-16)21-4-2/h8-11,20H,3-7,12-15H2,1-2H3/p+1/t18-/m1/s1. The molecular weight excluding hydrogens is 262 g/mol. The highest BCUT2D eigenvalue weighted by Gasteiger charge is 2.29. The van der Waals surface area contributed by atoms with Crippen LogP contribution in [0.1, 0.15) is 51.5 Å². The third kappa shape index (κ3) is 4.45. The molecule has 1 heterocycles. The summed E-state index contributed by atoms with van der Waals surface area (Å²) in [4.78, 5) is 1.65. The summed E-state index contributed by atoms with van der Waals surface area (Å²) in [5.41, 5.74) is 0.319. The van der Waals surface area contributed by atoms with Crippen molar-refractivity contribution in [2.45, 2.75) is 51.6 Å². The number of piperidine rings is 1. The van der Waals surface area contributed by atoms with Crippen LogP contribution in [0, 0.1) is 0 Å². The van der Waals surface area contributed by atoms with Gasteiger partial charge in [0.05, 0.1) is 31.8 Å². The molecule has 1 fully saturated rings. The molecule has 0 amide bonds. The van der Waals surface area contributed by atoms with Crippen molar-refractivity contribution < 1.29 is 14.7 Å². The van der Waals surface area contributed by atoms with Crippen molar-refractivity contribution in [3.63, 3.8) is 0 Å². The summed E-state index contributed by atoms with van der Waals surface area (Å²) in [7, 11) is 0. The normalized spacial score (nSPS) is 19.2. The lowest BCUT2D eigenvalue weighted by Crippen LogP contribution is -3.13. The van der Waals surface area contributed by atoms with Gasteiger partial charge in [-0.15, -0.1) is 0 Å². The fraction of sp³-hybridized carbons (Fsp3) is 0.667. The third-order valence-electron chi connectivity index (χ3n) is 4.74. The fourth-order valence-electron chi connectivity index (χ4n) is 3.24. The summed E-state index contributed by atoms with van der Waals surface area (Å²) in [6.07, 6.45) is 5.65. The number of benzene rings is 1. The predicted molar refractivity (Wildman–Crippen MR) is 85.8 cm³/mol. The second-order valence-electron chi connectivity index (χ2n) is 6.15. The highest BCUT2D eigenvalue weighted by molar-refractivity contribution is 5.30. The average molecular weight is 292 g/mol. The maximum atomic E-state index is 11.0. The smallest absolute Gasteiger partial charge is 0.119 e. The van der Waals surface area contributed by atoms with Gasteiger partial charge in [-0.3, -0.25) is 0 Å². The van der Waals surface area contributed by atoms with E-state index in [-0.39, 0.29) is 0 Å². The molecule has 0 spiro atoms. The number of hydrogen-bond acceptors (Lipinski definition) is 2. The fourth-order valence-corrected chi connectivity index (χ4v) is 3.24. The van der Waals surface area contributed by atoms with E-state index in [1.165, 1.54) is 32.4 Å². The SMILES string of the molecule is CCOc1ccc([C@@](O)(CC)CC[NH+]2CCCCC2)cc1. The van der Waals surface area contributed by atoms with Crippen LogP contribution in [0.4, 0.5) is 0 Å². The van der Waals surface area contributed by atoms with Gasteiger partial charge in [0.15, 0.2) is 0 Å². The Balaban J connectivity index is 1.97. The minimum atomic E-state index is -0.699. The maximum absolute atomic E-state index is 11.0. The molecule has 3 nitrogen and oxygen atoms in total. The van der Waals surface area contributed by atoms with E-state index in [1.807, 2.05) is 31.2 Å². The van der Waals surface area contributed by atoms with E-state index >= 15 is 0 Å². The highest BCUT2D eigenvalue weighted by atomic mass is 16.5. The number of likely N-dealkylation sites (tertiary alicyclic amines) is 1. The lowest BCUT2D eigenvalue weighted by molar-refractivity contribution is -0.905. The van der Waals surface area contributed by atoms with Crippen molar-refractivity contribution in [3.05, 3.63) is 29.8 Å². The Kier molecular flexibility index (Phi) is 6.07. The third-order valence-corrected chi connectivity index (χ3v) is 4.74. The monoisotopic (exact) mass is 292 g/mol. The minimum Gasteiger partial charge on any atom is -0.494 e. The molecule has 3 heteroatoms. The Hall–Kier alpha value is -1.06. The van der Waals surface area contributed by atoms with Crippen LogP contribution >= 0.6 is 0 Å². The molecule has 0 saturated carbocycles. The molecule has 118 valence electrons. The van der Waals surface area contributed by atoms with Crippen LogP contribution in [0.25, 0.3) is 0 Å². The largest absolute Gasteiger partial charge is 0.494 e. The van der Waals surface area contributed by atoms with E-state index < -0.39 is 5.60 Å². The number of quaternary nitrogens is 1. The van der Waals surface area contributed by atoms with Gasteiger partial charge in [0.25, 0.3) is 0 Å². The van der Waals surface area contributed by atoms with E-state index in [4.69, 9.17) is 4.74 Å². The molecule has 1 atom stereocenters. The summed E-state index contributed by atoms with van der Waals surface area (Å²) in [5, 5.41) is 11.0. The molecule has 2 rings (SSSR count). The van der Waals surface area contributed by atoms with Gasteiger partial charge in [-0.1, -0.05) is 19.1 Å². The molecule has 21 heavy (non-hydrogen) atoms. The van der Waals surface area contributed by atoms with Gasteiger partial charge in [0.2, 0.25) is 0 Å². The number of hydrogen-bond donors (Lipinski definition) is 2. The number of aliphatic hydroxyl groups is 1. The quantitative estimate of drug-likeness (QED) is 0.807. The van der Waals surface area contributed by atoms with Crippen molar-refractivity contribution in [2.75, 3.05) is 26.2 Å². The average Bonchev–Trinajstić information content (AvgIpc) is 2.54. The van der Waals surface area contributed by atoms with Gasteiger partial charge < -0.3 is 14.7 Å². The first kappa shape index (κ1) is 16.3. The first-order valence-corrected chi connectivity index (χ1v) is 8.47. The zero-order chi connectivity index (χ0) is 15.1. The molecule has 1 saturated heterocycles. The van der Waals surface area contributed by atoms with E-state index in [9.17, 15) is 5.11 Å². The van der Waals surface area contributed by atoms with Gasteiger partial charge in [-0.2, -0.15) is 0 Å².